The lowest BCUT2D eigenvalue weighted by atomic mass is 9.90. The maximum atomic E-state index is 12.7. The normalized spacial score (nSPS) is 12.2. The lowest BCUT2D eigenvalue weighted by Crippen LogP contribution is -2.35. The maximum Gasteiger partial charge on any atom is 0.416 e. The number of nitrogens with one attached hydrogen (secondary N) is 1. The Morgan fingerprint density at radius 3 is 2.75 bits per heavy atom. The molecule has 0 bridgehead atoms. The standard InChI is InChI=1S/C22H22ClN3O2/c1-2-26(14-13-15-7-10-17(23)11-8-15)22(27)28-21-20-18-6-4-3-5-16(18)9-12-19(20)24-25-21/h3-8,10-11H,2,9,12-14H2,1H3,(H,24,25). The zero-order valence-electron chi connectivity index (χ0n) is 15.7. The van der Waals surface area contributed by atoms with Crippen LogP contribution in [0.5, 0.6) is 5.88 Å². The van der Waals surface area contributed by atoms with Crippen LogP contribution in [0.3, 0.4) is 0 Å². The fourth-order valence-corrected chi connectivity index (χ4v) is 3.70. The number of nitrogens with zero attached hydrogens (tertiary/aromatic N) is 2. The van der Waals surface area contributed by atoms with Gasteiger partial charge in [0.05, 0.1) is 11.3 Å². The predicted molar refractivity (Wildman–Crippen MR) is 110 cm³/mol. The topological polar surface area (TPSA) is 58.2 Å². The van der Waals surface area contributed by atoms with Crippen molar-refractivity contribution in [2.45, 2.75) is 26.2 Å². The first-order valence-corrected chi connectivity index (χ1v) is 9.90. The number of carbonyl (C=O) groups is 1. The summed E-state index contributed by atoms with van der Waals surface area (Å²) in [5.41, 5.74) is 5.33. The molecule has 0 fully saturated rings. The van der Waals surface area contributed by atoms with E-state index in [4.69, 9.17) is 16.3 Å². The van der Waals surface area contributed by atoms with Crippen LogP contribution in [0.4, 0.5) is 4.79 Å². The third-order valence-electron chi connectivity index (χ3n) is 5.14. The molecule has 0 unspecified atom stereocenters. The Kier molecular flexibility index (Phi) is 5.35. The third kappa shape index (κ3) is 3.76. The number of aryl methyl sites for hydroxylation is 2. The zero-order valence-corrected chi connectivity index (χ0v) is 16.5. The van der Waals surface area contributed by atoms with Crippen LogP contribution >= 0.6 is 11.6 Å². The van der Waals surface area contributed by atoms with E-state index in [2.05, 4.69) is 22.3 Å². The molecule has 0 atom stereocenters. The highest BCUT2D eigenvalue weighted by Crippen LogP contribution is 2.38. The summed E-state index contributed by atoms with van der Waals surface area (Å²) in [6.45, 7) is 3.09. The number of benzene rings is 2. The molecule has 0 spiro atoms. The van der Waals surface area contributed by atoms with E-state index in [-0.39, 0.29) is 6.09 Å². The number of halogens is 1. The van der Waals surface area contributed by atoms with Gasteiger partial charge in [0.2, 0.25) is 5.88 Å². The molecular weight excluding hydrogens is 374 g/mol. The van der Waals surface area contributed by atoms with Crippen LogP contribution in [0, 0.1) is 0 Å². The summed E-state index contributed by atoms with van der Waals surface area (Å²) in [5, 5.41) is 7.98. The van der Waals surface area contributed by atoms with Crippen molar-refractivity contribution in [1.29, 1.82) is 0 Å². The summed E-state index contributed by atoms with van der Waals surface area (Å²) < 4.78 is 5.72. The van der Waals surface area contributed by atoms with Crippen LogP contribution in [0.25, 0.3) is 11.1 Å². The van der Waals surface area contributed by atoms with Crippen LogP contribution in [0.2, 0.25) is 5.02 Å². The average Bonchev–Trinajstić information content (AvgIpc) is 3.13. The highest BCUT2D eigenvalue weighted by molar-refractivity contribution is 6.30. The fraction of sp³-hybridized carbons (Fsp3) is 0.273. The van der Waals surface area contributed by atoms with Gasteiger partial charge >= 0.3 is 6.09 Å². The van der Waals surface area contributed by atoms with Gasteiger partial charge in [-0.3, -0.25) is 0 Å². The molecule has 0 saturated heterocycles. The summed E-state index contributed by atoms with van der Waals surface area (Å²) in [4.78, 5) is 14.4. The van der Waals surface area contributed by atoms with E-state index in [0.717, 1.165) is 41.6 Å². The molecule has 5 nitrogen and oxygen atoms in total. The molecule has 28 heavy (non-hydrogen) atoms. The van der Waals surface area contributed by atoms with Crippen LogP contribution in [-0.2, 0) is 19.3 Å². The molecule has 0 aliphatic heterocycles. The number of aromatic amines is 1. The van der Waals surface area contributed by atoms with Gasteiger partial charge in [0.15, 0.2) is 0 Å². The number of aromatic nitrogens is 2. The number of ether oxygens (including phenoxy) is 1. The minimum absolute atomic E-state index is 0.369. The molecule has 0 saturated carbocycles. The van der Waals surface area contributed by atoms with Gasteiger partial charge < -0.3 is 9.64 Å². The first-order chi connectivity index (χ1) is 13.7. The summed E-state index contributed by atoms with van der Waals surface area (Å²) in [6, 6.07) is 15.9. The Labute approximate surface area is 169 Å². The number of likely N-dealkylation sites (N-methyl/N-ethyl adjacent to an activating group) is 1. The molecule has 0 radical (unpaired) electrons. The second kappa shape index (κ2) is 8.07. The number of hydrogen-bond acceptors (Lipinski definition) is 3. The highest BCUT2D eigenvalue weighted by Gasteiger charge is 2.25. The lowest BCUT2D eigenvalue weighted by molar-refractivity contribution is 0.153. The van der Waals surface area contributed by atoms with Crippen molar-refractivity contribution in [3.05, 3.63) is 70.4 Å². The van der Waals surface area contributed by atoms with Gasteiger partial charge in [0.25, 0.3) is 0 Å². The molecule has 1 aliphatic rings. The molecule has 1 N–H and O–H groups in total. The SMILES string of the molecule is CCN(CCc1ccc(Cl)cc1)C(=O)Oc1[nH]nc2c1-c1ccccc1CC2. The number of rotatable bonds is 5. The van der Waals surface area contributed by atoms with E-state index in [1.165, 1.54) is 5.56 Å². The van der Waals surface area contributed by atoms with Gasteiger partial charge in [-0.1, -0.05) is 48.0 Å². The first kappa shape index (κ1) is 18.6. The summed E-state index contributed by atoms with van der Waals surface area (Å²) in [6.07, 6.45) is 2.16. The molecule has 2 aromatic carbocycles. The Hall–Kier alpha value is -2.79. The zero-order chi connectivity index (χ0) is 19.5. The second-order valence-electron chi connectivity index (χ2n) is 6.86. The van der Waals surface area contributed by atoms with E-state index in [9.17, 15) is 4.79 Å². The van der Waals surface area contributed by atoms with Gasteiger partial charge in [-0.05, 0) is 55.0 Å². The lowest BCUT2D eigenvalue weighted by Gasteiger charge is -2.21. The molecular formula is C22H22ClN3O2. The minimum atomic E-state index is -0.369. The average molecular weight is 396 g/mol. The second-order valence-corrected chi connectivity index (χ2v) is 7.29. The number of H-pyrrole nitrogens is 1. The van der Waals surface area contributed by atoms with Crippen molar-refractivity contribution in [2.24, 2.45) is 0 Å². The van der Waals surface area contributed by atoms with E-state index in [1.54, 1.807) is 4.90 Å². The fourth-order valence-electron chi connectivity index (χ4n) is 3.57. The number of carbonyl (C=O) groups excluding carboxylic acids is 1. The van der Waals surface area contributed by atoms with Crippen molar-refractivity contribution in [2.75, 3.05) is 13.1 Å². The van der Waals surface area contributed by atoms with Gasteiger partial charge in [-0.2, -0.15) is 5.10 Å². The van der Waals surface area contributed by atoms with Gasteiger partial charge in [-0.15, -0.1) is 0 Å². The van der Waals surface area contributed by atoms with E-state index in [1.807, 2.05) is 43.3 Å². The van der Waals surface area contributed by atoms with Crippen LogP contribution < -0.4 is 4.74 Å². The van der Waals surface area contributed by atoms with Gasteiger partial charge in [0, 0.05) is 18.1 Å². The molecule has 4 rings (SSSR count). The number of fused-ring (bicyclic) bond motifs is 3. The number of hydrogen-bond donors (Lipinski definition) is 1. The summed E-state index contributed by atoms with van der Waals surface area (Å²) in [7, 11) is 0. The quantitative estimate of drug-likeness (QED) is 0.669. The molecule has 1 aromatic heterocycles. The molecule has 1 aliphatic carbocycles. The smallest absolute Gasteiger partial charge is 0.391 e. The monoisotopic (exact) mass is 395 g/mol. The summed E-state index contributed by atoms with van der Waals surface area (Å²) in [5.74, 6) is 0.428. The number of amides is 1. The van der Waals surface area contributed by atoms with Gasteiger partial charge in [-0.25, -0.2) is 9.89 Å². The highest BCUT2D eigenvalue weighted by atomic mass is 35.5. The third-order valence-corrected chi connectivity index (χ3v) is 5.39. The Morgan fingerprint density at radius 2 is 1.96 bits per heavy atom. The molecule has 6 heteroatoms. The van der Waals surface area contributed by atoms with Crippen molar-refractivity contribution >= 4 is 17.7 Å². The Bertz CT molecular complexity index is 982. The maximum absolute atomic E-state index is 12.7. The Balaban J connectivity index is 1.48. The molecule has 3 aromatic rings. The van der Waals surface area contributed by atoms with Crippen LogP contribution in [0.1, 0.15) is 23.7 Å². The predicted octanol–water partition coefficient (Wildman–Crippen LogP) is 4.89. The first-order valence-electron chi connectivity index (χ1n) is 9.52. The van der Waals surface area contributed by atoms with Crippen molar-refractivity contribution in [3.63, 3.8) is 0 Å². The minimum Gasteiger partial charge on any atom is -0.391 e. The van der Waals surface area contributed by atoms with Crippen molar-refractivity contribution in [1.82, 2.24) is 15.1 Å². The largest absolute Gasteiger partial charge is 0.416 e. The van der Waals surface area contributed by atoms with Crippen molar-refractivity contribution in [3.8, 4) is 17.0 Å². The molecule has 144 valence electrons. The van der Waals surface area contributed by atoms with Gasteiger partial charge in [0.1, 0.15) is 0 Å². The Morgan fingerprint density at radius 1 is 1.18 bits per heavy atom. The van der Waals surface area contributed by atoms with Crippen LogP contribution in [-0.4, -0.2) is 34.3 Å². The van der Waals surface area contributed by atoms with E-state index >= 15 is 0 Å². The molecule has 1 amide bonds. The molecule has 1 heterocycles. The van der Waals surface area contributed by atoms with Crippen LogP contribution in [0.15, 0.2) is 48.5 Å². The van der Waals surface area contributed by atoms with E-state index in [0.29, 0.717) is 24.0 Å². The summed E-state index contributed by atoms with van der Waals surface area (Å²) >= 11 is 5.93. The van der Waals surface area contributed by atoms with E-state index < -0.39 is 0 Å². The van der Waals surface area contributed by atoms with Crippen molar-refractivity contribution < 1.29 is 9.53 Å².